The van der Waals surface area contributed by atoms with Gasteiger partial charge in [-0.2, -0.15) is 4.98 Å². The zero-order chi connectivity index (χ0) is 28.1. The monoisotopic (exact) mass is 551 g/mol. The molecule has 1 unspecified atom stereocenters. The molecule has 0 radical (unpaired) electrons. The van der Waals surface area contributed by atoms with Gasteiger partial charge in [-0.05, 0) is 53.0 Å². The average molecular weight is 552 g/mol. The van der Waals surface area contributed by atoms with Gasteiger partial charge in [0.05, 0.1) is 11.4 Å². The lowest BCUT2D eigenvalue weighted by Gasteiger charge is -2.37. The maximum atomic E-state index is 14.2. The Labute approximate surface area is 237 Å². The molecule has 8 heteroatoms. The summed E-state index contributed by atoms with van der Waals surface area (Å²) in [4.78, 5) is 28.0. The molecule has 1 fully saturated rings. The number of piperazine rings is 1. The molecule has 1 saturated heterocycles. The molecule has 6 rings (SSSR count). The van der Waals surface area contributed by atoms with Crippen LogP contribution in [0.3, 0.4) is 0 Å². The number of allylic oxidation sites excluding steroid dienone is 1. The van der Waals surface area contributed by atoms with Crippen molar-refractivity contribution < 1.29 is 4.74 Å². The van der Waals surface area contributed by atoms with Crippen molar-refractivity contribution in [3.63, 3.8) is 0 Å². The van der Waals surface area contributed by atoms with Crippen molar-refractivity contribution in [3.05, 3.63) is 94.8 Å². The van der Waals surface area contributed by atoms with Gasteiger partial charge in [-0.15, -0.1) is 9.24 Å². The largest absolute Gasteiger partial charge is 0.486 e. The number of nitrogens with zero attached hydrogens (tertiary/aromatic N) is 5. The minimum Gasteiger partial charge on any atom is -0.486 e. The number of aromatic nitrogens is 3. The topological polar surface area (TPSA) is 63.5 Å². The first-order valence-electron chi connectivity index (χ1n) is 13.7. The van der Waals surface area contributed by atoms with Crippen molar-refractivity contribution >= 4 is 31.3 Å². The van der Waals surface area contributed by atoms with E-state index < -0.39 is 0 Å². The normalized spacial score (nSPS) is 14.6. The summed E-state index contributed by atoms with van der Waals surface area (Å²) in [7, 11) is 2.89. The molecule has 204 valence electrons. The van der Waals surface area contributed by atoms with E-state index in [1.807, 2.05) is 31.3 Å². The van der Waals surface area contributed by atoms with Crippen LogP contribution in [0.5, 0.6) is 5.75 Å². The zero-order valence-corrected chi connectivity index (χ0v) is 24.4. The van der Waals surface area contributed by atoms with Crippen LogP contribution in [-0.4, -0.2) is 45.6 Å². The fourth-order valence-electron chi connectivity index (χ4n) is 5.88. The van der Waals surface area contributed by atoms with Crippen molar-refractivity contribution in [2.24, 2.45) is 0 Å². The van der Waals surface area contributed by atoms with Gasteiger partial charge in [0.1, 0.15) is 17.9 Å². The Balaban J connectivity index is 1.66. The fraction of sp³-hybridized carbons (Fsp3) is 0.281. The van der Waals surface area contributed by atoms with Gasteiger partial charge >= 0.3 is 5.69 Å². The molecule has 4 heterocycles. The summed E-state index contributed by atoms with van der Waals surface area (Å²) in [6, 6.07) is 12.4. The predicted molar refractivity (Wildman–Crippen MR) is 166 cm³/mol. The Hall–Kier alpha value is -3.96. The van der Waals surface area contributed by atoms with Crippen LogP contribution < -0.4 is 20.6 Å². The van der Waals surface area contributed by atoms with Crippen LogP contribution >= 0.6 is 9.24 Å². The molecule has 2 aliphatic rings. The average Bonchev–Trinajstić information content (AvgIpc) is 2.96. The van der Waals surface area contributed by atoms with Crippen LogP contribution in [0.1, 0.15) is 36.6 Å². The molecule has 2 aromatic heterocycles. The second-order valence-corrected chi connectivity index (χ2v) is 11.4. The van der Waals surface area contributed by atoms with Crippen LogP contribution in [0.4, 0.5) is 5.82 Å². The van der Waals surface area contributed by atoms with E-state index >= 15 is 0 Å². The fourth-order valence-corrected chi connectivity index (χ4v) is 6.34. The molecular weight excluding hydrogens is 517 g/mol. The number of benzene rings is 2. The summed E-state index contributed by atoms with van der Waals surface area (Å²) < 4.78 is 8.28. The summed E-state index contributed by atoms with van der Waals surface area (Å²) in [5.41, 5.74) is 7.15. The van der Waals surface area contributed by atoms with Gasteiger partial charge in [-0.25, -0.2) is 4.79 Å². The number of hydrogen-bond donors (Lipinski definition) is 0. The molecule has 0 N–H and O–H groups in total. The zero-order valence-electron chi connectivity index (χ0n) is 23.3. The lowest BCUT2D eigenvalue weighted by Crippen LogP contribution is -2.46. The molecule has 0 amide bonds. The van der Waals surface area contributed by atoms with Crippen LogP contribution in [0, 0.1) is 6.92 Å². The van der Waals surface area contributed by atoms with Gasteiger partial charge in [0, 0.05) is 49.0 Å². The number of pyridine rings is 1. The summed E-state index contributed by atoms with van der Waals surface area (Å²) in [5, 5.41) is 1.89. The van der Waals surface area contributed by atoms with E-state index in [0.717, 1.165) is 68.6 Å². The van der Waals surface area contributed by atoms with E-state index in [1.165, 1.54) is 0 Å². The van der Waals surface area contributed by atoms with Crippen LogP contribution in [0.25, 0.3) is 27.7 Å². The SMILES string of the molecule is C=CC(=C)N1CCN(c2nc(=O)n(-c3c(C)ccnc3C(C)C)c3c4c(c(P)cc23)-c2ccccc2CO4)CC1. The van der Waals surface area contributed by atoms with E-state index in [2.05, 4.69) is 64.2 Å². The molecule has 0 saturated carbocycles. The Morgan fingerprint density at radius 1 is 1.15 bits per heavy atom. The number of fused-ring (bicyclic) bond motifs is 5. The maximum absolute atomic E-state index is 14.2. The molecule has 2 aromatic carbocycles. The molecule has 4 aromatic rings. The van der Waals surface area contributed by atoms with E-state index in [4.69, 9.17) is 14.7 Å². The van der Waals surface area contributed by atoms with Crippen molar-refractivity contribution in [2.45, 2.75) is 33.3 Å². The van der Waals surface area contributed by atoms with Crippen LogP contribution in [0.2, 0.25) is 0 Å². The minimum absolute atomic E-state index is 0.112. The smallest absolute Gasteiger partial charge is 0.354 e. The molecule has 0 aliphatic carbocycles. The molecule has 0 spiro atoms. The first kappa shape index (κ1) is 26.3. The number of ether oxygens (including phenoxy) is 1. The summed E-state index contributed by atoms with van der Waals surface area (Å²) in [6.07, 6.45) is 3.60. The van der Waals surface area contributed by atoms with E-state index in [9.17, 15) is 4.79 Å². The highest BCUT2D eigenvalue weighted by Crippen LogP contribution is 2.44. The third-order valence-corrected chi connectivity index (χ3v) is 8.40. The van der Waals surface area contributed by atoms with Crippen molar-refractivity contribution in [3.8, 4) is 22.6 Å². The van der Waals surface area contributed by atoms with E-state index in [0.29, 0.717) is 31.3 Å². The van der Waals surface area contributed by atoms with Crippen LogP contribution in [-0.2, 0) is 6.61 Å². The summed E-state index contributed by atoms with van der Waals surface area (Å²) >= 11 is 0. The van der Waals surface area contributed by atoms with Gasteiger partial charge < -0.3 is 14.5 Å². The van der Waals surface area contributed by atoms with Gasteiger partial charge in [-0.3, -0.25) is 9.55 Å². The Morgan fingerprint density at radius 3 is 2.62 bits per heavy atom. The molecule has 1 atom stereocenters. The lowest BCUT2D eigenvalue weighted by molar-refractivity contribution is 0.305. The number of rotatable bonds is 5. The number of hydrogen-bond acceptors (Lipinski definition) is 6. The van der Waals surface area contributed by atoms with Gasteiger partial charge in [0.2, 0.25) is 0 Å². The highest BCUT2D eigenvalue weighted by molar-refractivity contribution is 7.28. The quantitative estimate of drug-likeness (QED) is 0.254. The second kappa shape index (κ2) is 10.2. The van der Waals surface area contributed by atoms with Gasteiger partial charge in [-0.1, -0.05) is 51.3 Å². The third-order valence-electron chi connectivity index (χ3n) is 7.95. The molecule has 7 nitrogen and oxygen atoms in total. The maximum Gasteiger partial charge on any atom is 0.354 e. The first-order valence-corrected chi connectivity index (χ1v) is 14.2. The third kappa shape index (κ3) is 4.20. The van der Waals surface area contributed by atoms with Crippen molar-refractivity contribution in [2.75, 3.05) is 31.1 Å². The Kier molecular flexibility index (Phi) is 6.71. The highest BCUT2D eigenvalue weighted by atomic mass is 31.0. The molecule has 2 aliphatic heterocycles. The standard InChI is InChI=1S/C32H34N5O2P/c1-6-21(5)35-13-15-36(16-14-35)31-24-17-25(40)26-23-10-8-7-9-22(23)18-39-30(26)29(24)37(32(38)34-31)28-20(4)11-12-33-27(28)19(2)3/h6-12,17,19H,1,5,13-16,18,40H2,2-4H3. The summed E-state index contributed by atoms with van der Waals surface area (Å²) in [6.45, 7) is 17.6. The first-order chi connectivity index (χ1) is 19.3. The number of anilines is 1. The number of aryl methyl sites for hydroxylation is 1. The summed E-state index contributed by atoms with van der Waals surface area (Å²) in [5.74, 6) is 1.50. The highest BCUT2D eigenvalue weighted by Gasteiger charge is 2.30. The van der Waals surface area contributed by atoms with E-state index in [-0.39, 0.29) is 11.6 Å². The predicted octanol–water partition coefficient (Wildman–Crippen LogP) is 5.09. The Morgan fingerprint density at radius 2 is 1.90 bits per heavy atom. The van der Waals surface area contributed by atoms with Crippen molar-refractivity contribution in [1.82, 2.24) is 19.4 Å². The molecule has 40 heavy (non-hydrogen) atoms. The lowest BCUT2D eigenvalue weighted by atomic mass is 9.95. The minimum atomic E-state index is -0.334. The Bertz CT molecular complexity index is 1730. The van der Waals surface area contributed by atoms with Crippen LogP contribution in [0.15, 0.2) is 72.3 Å². The molecular formula is C32H34N5O2P. The van der Waals surface area contributed by atoms with Gasteiger partial charge in [0.25, 0.3) is 0 Å². The second-order valence-electron chi connectivity index (χ2n) is 10.8. The van der Waals surface area contributed by atoms with Gasteiger partial charge in [0.15, 0.2) is 5.75 Å². The van der Waals surface area contributed by atoms with E-state index in [1.54, 1.807) is 10.6 Å². The molecule has 0 bridgehead atoms. The van der Waals surface area contributed by atoms with Crippen molar-refractivity contribution in [1.29, 1.82) is 0 Å².